The number of nitrogens with zero attached hydrogens (tertiary/aromatic N) is 4. The largest absolute Gasteiger partial charge is 0.381 e. The second-order valence-electron chi connectivity index (χ2n) is 6.63. The molecule has 3 rings (SSSR count). The van der Waals surface area contributed by atoms with Crippen LogP contribution in [-0.4, -0.2) is 70.9 Å². The van der Waals surface area contributed by atoms with E-state index in [0.717, 1.165) is 50.5 Å². The summed E-state index contributed by atoms with van der Waals surface area (Å²) < 4.78 is 7.52. The van der Waals surface area contributed by atoms with E-state index < -0.39 is 0 Å². The van der Waals surface area contributed by atoms with Gasteiger partial charge in [-0.2, -0.15) is 5.10 Å². The highest BCUT2D eigenvalue weighted by Crippen LogP contribution is 2.33. The molecule has 1 aromatic rings. The molecule has 2 saturated heterocycles. The molecule has 0 bridgehead atoms. The summed E-state index contributed by atoms with van der Waals surface area (Å²) in [5.74, 6) is 0.534. The zero-order valence-corrected chi connectivity index (χ0v) is 14.7. The topological polar surface area (TPSA) is 50.6 Å². The molecule has 2 fully saturated rings. The Bertz CT molecular complexity index is 571. The molecule has 3 atom stereocenters. The summed E-state index contributed by atoms with van der Waals surface area (Å²) in [7, 11) is 1.79. The van der Waals surface area contributed by atoms with Crippen LogP contribution in [0.2, 0.25) is 0 Å². The van der Waals surface area contributed by atoms with Crippen LogP contribution in [0.5, 0.6) is 0 Å². The summed E-state index contributed by atoms with van der Waals surface area (Å²) >= 11 is 0. The molecule has 0 spiro atoms. The van der Waals surface area contributed by atoms with Gasteiger partial charge in [0.05, 0.1) is 17.8 Å². The molecule has 0 saturated carbocycles. The Balaban J connectivity index is 1.85. The van der Waals surface area contributed by atoms with Crippen molar-refractivity contribution in [1.82, 2.24) is 19.6 Å². The predicted octanol–water partition coefficient (Wildman–Crippen LogP) is 1.39. The highest BCUT2D eigenvalue weighted by molar-refractivity contribution is 5.93. The normalized spacial score (nSPS) is 28.2. The number of fused-ring (bicyclic) bond motifs is 1. The summed E-state index contributed by atoms with van der Waals surface area (Å²) in [6, 6.07) is 2.16. The number of carbonyl (C=O) groups is 1. The summed E-state index contributed by atoms with van der Waals surface area (Å²) in [6.07, 6.45) is 1.18. The van der Waals surface area contributed by atoms with Gasteiger partial charge >= 0.3 is 0 Å². The number of hydrogen-bond acceptors (Lipinski definition) is 4. The quantitative estimate of drug-likeness (QED) is 0.841. The number of ether oxygens (including phenoxy) is 1. The molecular weight excluding hydrogens is 292 g/mol. The Labute approximate surface area is 138 Å². The highest BCUT2D eigenvalue weighted by Gasteiger charge is 2.46. The van der Waals surface area contributed by atoms with Crippen LogP contribution in [0.3, 0.4) is 0 Å². The molecule has 1 aromatic heterocycles. The first kappa shape index (κ1) is 16.5. The van der Waals surface area contributed by atoms with Crippen molar-refractivity contribution in [3.8, 4) is 0 Å². The average molecular weight is 320 g/mol. The van der Waals surface area contributed by atoms with E-state index in [-0.39, 0.29) is 18.1 Å². The molecule has 2 aliphatic rings. The van der Waals surface area contributed by atoms with Crippen LogP contribution in [-0.2, 0) is 11.3 Å². The van der Waals surface area contributed by atoms with Crippen LogP contribution < -0.4 is 0 Å². The smallest absolute Gasteiger partial charge is 0.272 e. The lowest BCUT2D eigenvalue weighted by molar-refractivity contribution is -0.0160. The first-order valence-electron chi connectivity index (χ1n) is 8.69. The summed E-state index contributed by atoms with van der Waals surface area (Å²) in [5, 5.41) is 4.43. The van der Waals surface area contributed by atoms with Crippen molar-refractivity contribution in [3.05, 3.63) is 17.5 Å². The second-order valence-corrected chi connectivity index (χ2v) is 6.63. The minimum Gasteiger partial charge on any atom is -0.381 e. The van der Waals surface area contributed by atoms with Gasteiger partial charge in [0.2, 0.25) is 0 Å². The maximum atomic E-state index is 13.1. The Morgan fingerprint density at radius 3 is 2.78 bits per heavy atom. The molecule has 0 unspecified atom stereocenters. The number of likely N-dealkylation sites (N-methyl/N-ethyl adjacent to an activating group) is 1. The number of hydrogen-bond donors (Lipinski definition) is 0. The SMILES string of the molecule is CCN1C[C@H]2[C@H](OC)CCN(C(=O)c3cc(C)nn3CC)[C@H]2C1. The van der Waals surface area contributed by atoms with Gasteiger partial charge in [0.15, 0.2) is 0 Å². The molecule has 23 heavy (non-hydrogen) atoms. The fourth-order valence-electron chi connectivity index (χ4n) is 4.14. The first-order chi connectivity index (χ1) is 11.1. The lowest BCUT2D eigenvalue weighted by atomic mass is 9.88. The van der Waals surface area contributed by atoms with Crippen LogP contribution in [0.1, 0.15) is 36.5 Å². The number of aryl methyl sites for hydroxylation is 2. The number of amides is 1. The van der Waals surface area contributed by atoms with Crippen molar-refractivity contribution in [1.29, 1.82) is 0 Å². The van der Waals surface area contributed by atoms with Crippen molar-refractivity contribution >= 4 is 5.91 Å². The average Bonchev–Trinajstić information content (AvgIpc) is 3.16. The van der Waals surface area contributed by atoms with Crippen molar-refractivity contribution in [3.63, 3.8) is 0 Å². The zero-order chi connectivity index (χ0) is 16.6. The van der Waals surface area contributed by atoms with E-state index in [1.807, 2.05) is 24.6 Å². The van der Waals surface area contributed by atoms with E-state index in [1.54, 1.807) is 7.11 Å². The summed E-state index contributed by atoms with van der Waals surface area (Å²) in [4.78, 5) is 17.6. The van der Waals surface area contributed by atoms with Crippen LogP contribution >= 0.6 is 0 Å². The molecule has 0 aliphatic carbocycles. The predicted molar refractivity (Wildman–Crippen MR) is 88.5 cm³/mol. The van der Waals surface area contributed by atoms with Gasteiger partial charge < -0.3 is 14.5 Å². The van der Waals surface area contributed by atoms with Crippen molar-refractivity contribution < 1.29 is 9.53 Å². The van der Waals surface area contributed by atoms with E-state index in [4.69, 9.17) is 4.74 Å². The maximum absolute atomic E-state index is 13.1. The number of methoxy groups -OCH3 is 1. The van der Waals surface area contributed by atoms with E-state index in [2.05, 4.69) is 21.8 Å². The third-order valence-electron chi connectivity index (χ3n) is 5.37. The Hall–Kier alpha value is -1.40. The Morgan fingerprint density at radius 2 is 2.13 bits per heavy atom. The molecule has 128 valence electrons. The van der Waals surface area contributed by atoms with Gasteiger partial charge in [0, 0.05) is 39.2 Å². The van der Waals surface area contributed by atoms with E-state index >= 15 is 0 Å². The highest BCUT2D eigenvalue weighted by atomic mass is 16.5. The number of piperidine rings is 1. The molecule has 6 nitrogen and oxygen atoms in total. The standard InChI is InChI=1S/C17H28N4O2/c1-5-19-10-13-15(11-19)20(8-7-16(13)23-4)17(22)14-9-12(3)18-21(14)6-2/h9,13,15-16H,5-8,10-11H2,1-4H3/t13-,15+,16-/m1/s1. The van der Waals surface area contributed by atoms with E-state index in [1.165, 1.54) is 0 Å². The third-order valence-corrected chi connectivity index (χ3v) is 5.37. The van der Waals surface area contributed by atoms with Gasteiger partial charge in [-0.25, -0.2) is 0 Å². The maximum Gasteiger partial charge on any atom is 0.272 e. The third kappa shape index (κ3) is 2.90. The number of aromatic nitrogens is 2. The monoisotopic (exact) mass is 320 g/mol. The van der Waals surface area contributed by atoms with Gasteiger partial charge in [0.25, 0.3) is 5.91 Å². The molecular formula is C17H28N4O2. The number of carbonyl (C=O) groups excluding carboxylic acids is 1. The zero-order valence-electron chi connectivity index (χ0n) is 14.7. The van der Waals surface area contributed by atoms with Crippen LogP contribution in [0.4, 0.5) is 0 Å². The van der Waals surface area contributed by atoms with Crippen molar-refractivity contribution in [2.75, 3.05) is 33.3 Å². The molecule has 0 aromatic carbocycles. The molecule has 0 N–H and O–H groups in total. The van der Waals surface area contributed by atoms with Crippen LogP contribution in [0, 0.1) is 12.8 Å². The van der Waals surface area contributed by atoms with Crippen LogP contribution in [0.15, 0.2) is 6.07 Å². The molecule has 1 amide bonds. The summed E-state index contributed by atoms with van der Waals surface area (Å²) in [5.41, 5.74) is 1.62. The number of likely N-dealkylation sites (tertiary alicyclic amines) is 2. The van der Waals surface area contributed by atoms with Gasteiger partial charge in [0.1, 0.15) is 5.69 Å². The lowest BCUT2D eigenvalue weighted by Gasteiger charge is -2.41. The molecule has 0 radical (unpaired) electrons. The van der Waals surface area contributed by atoms with Gasteiger partial charge in [-0.05, 0) is 32.9 Å². The van der Waals surface area contributed by atoms with E-state index in [0.29, 0.717) is 5.92 Å². The lowest BCUT2D eigenvalue weighted by Crippen LogP contribution is -2.53. The van der Waals surface area contributed by atoms with Crippen molar-refractivity contribution in [2.45, 2.75) is 45.9 Å². The summed E-state index contributed by atoms with van der Waals surface area (Å²) in [6.45, 7) is 10.6. The van der Waals surface area contributed by atoms with Crippen LogP contribution in [0.25, 0.3) is 0 Å². The van der Waals surface area contributed by atoms with Crippen molar-refractivity contribution in [2.24, 2.45) is 5.92 Å². The van der Waals surface area contributed by atoms with E-state index in [9.17, 15) is 4.79 Å². The molecule has 3 heterocycles. The Morgan fingerprint density at radius 1 is 1.35 bits per heavy atom. The Kier molecular flexibility index (Phi) is 4.73. The minimum atomic E-state index is 0.120. The van der Waals surface area contributed by atoms with Gasteiger partial charge in [-0.15, -0.1) is 0 Å². The van der Waals surface area contributed by atoms with Gasteiger partial charge in [-0.3, -0.25) is 9.48 Å². The van der Waals surface area contributed by atoms with Gasteiger partial charge in [-0.1, -0.05) is 6.92 Å². The fraction of sp³-hybridized carbons (Fsp3) is 0.765. The fourth-order valence-corrected chi connectivity index (χ4v) is 4.14. The molecule has 6 heteroatoms. The minimum absolute atomic E-state index is 0.120. The second kappa shape index (κ2) is 6.61. The number of rotatable bonds is 4. The first-order valence-corrected chi connectivity index (χ1v) is 8.69. The molecule has 2 aliphatic heterocycles.